The summed E-state index contributed by atoms with van der Waals surface area (Å²) in [6.07, 6.45) is 25.9. The van der Waals surface area contributed by atoms with Gasteiger partial charge in [0.1, 0.15) is 0 Å². The highest BCUT2D eigenvalue weighted by atomic mass is 16.3. The zero-order valence-corrected chi connectivity index (χ0v) is 15.2. The molecule has 0 atom stereocenters. The molecule has 0 aromatic carbocycles. The Morgan fingerprint density at radius 1 is 0.591 bits per heavy atom. The van der Waals surface area contributed by atoms with Gasteiger partial charge in [0.2, 0.25) is 0 Å². The van der Waals surface area contributed by atoms with Crippen LogP contribution in [-0.2, 0) is 0 Å². The van der Waals surface area contributed by atoms with E-state index >= 15 is 0 Å². The highest BCUT2D eigenvalue weighted by Gasteiger charge is 2.01. The summed E-state index contributed by atoms with van der Waals surface area (Å²) in [6, 6.07) is 0. The van der Waals surface area contributed by atoms with E-state index in [0.717, 1.165) is 38.5 Å². The Morgan fingerprint density at radius 2 is 0.955 bits per heavy atom. The molecule has 0 amide bonds. The Bertz CT molecular complexity index is 229. The van der Waals surface area contributed by atoms with Gasteiger partial charge in [-0.2, -0.15) is 0 Å². The maximum Gasteiger partial charge on any atom is 0.0540 e. The van der Waals surface area contributed by atoms with Crippen molar-refractivity contribution < 1.29 is 5.11 Å². The van der Waals surface area contributed by atoms with Crippen LogP contribution in [0.15, 0.2) is 24.3 Å². The van der Waals surface area contributed by atoms with Crippen LogP contribution in [0.1, 0.15) is 104 Å². The van der Waals surface area contributed by atoms with Crippen molar-refractivity contribution in [2.45, 2.75) is 110 Å². The third-order valence-corrected chi connectivity index (χ3v) is 4.10. The minimum atomic E-state index is -0.0954. The van der Waals surface area contributed by atoms with Crippen molar-refractivity contribution in [2.75, 3.05) is 0 Å². The molecule has 0 fully saturated rings. The fourth-order valence-electron chi connectivity index (χ4n) is 2.58. The molecule has 130 valence electrons. The van der Waals surface area contributed by atoms with Crippen LogP contribution in [0.5, 0.6) is 0 Å². The third-order valence-electron chi connectivity index (χ3n) is 4.10. The number of allylic oxidation sites excluding steroid dienone is 4. The first-order chi connectivity index (χ1) is 10.8. The number of hydrogen-bond donors (Lipinski definition) is 1. The van der Waals surface area contributed by atoms with Gasteiger partial charge in [-0.3, -0.25) is 0 Å². The van der Waals surface area contributed by atoms with E-state index in [1.54, 1.807) is 0 Å². The molecule has 1 heteroatoms. The Kier molecular flexibility index (Phi) is 18.0. The summed E-state index contributed by atoms with van der Waals surface area (Å²) in [5.41, 5.74) is 0. The van der Waals surface area contributed by atoms with Gasteiger partial charge in [0, 0.05) is 0 Å². The Labute approximate surface area is 139 Å². The van der Waals surface area contributed by atoms with E-state index in [1.807, 2.05) is 0 Å². The van der Waals surface area contributed by atoms with E-state index < -0.39 is 0 Å². The van der Waals surface area contributed by atoms with E-state index in [0.29, 0.717) is 0 Å². The van der Waals surface area contributed by atoms with Crippen LogP contribution in [0, 0.1) is 0 Å². The molecule has 0 aromatic heterocycles. The molecule has 0 unspecified atom stereocenters. The second kappa shape index (κ2) is 18.5. The summed E-state index contributed by atoms with van der Waals surface area (Å²) in [5.74, 6) is 0. The van der Waals surface area contributed by atoms with E-state index in [1.165, 1.54) is 51.4 Å². The predicted molar refractivity (Wildman–Crippen MR) is 100 cm³/mol. The van der Waals surface area contributed by atoms with E-state index in [2.05, 4.69) is 38.2 Å². The van der Waals surface area contributed by atoms with Crippen LogP contribution in [0.3, 0.4) is 0 Å². The molecule has 1 N–H and O–H groups in total. The molecule has 0 saturated heterocycles. The number of unbranched alkanes of at least 4 members (excludes halogenated alkanes) is 8. The van der Waals surface area contributed by atoms with Gasteiger partial charge in [-0.15, -0.1) is 0 Å². The first kappa shape index (κ1) is 21.4. The van der Waals surface area contributed by atoms with E-state index in [4.69, 9.17) is 0 Å². The van der Waals surface area contributed by atoms with Crippen LogP contribution >= 0.6 is 0 Å². The highest BCUT2D eigenvalue weighted by Crippen LogP contribution is 2.10. The number of rotatable bonds is 16. The van der Waals surface area contributed by atoms with Gasteiger partial charge in [0.15, 0.2) is 0 Å². The van der Waals surface area contributed by atoms with E-state index in [9.17, 15) is 5.11 Å². The number of aliphatic hydroxyl groups excluding tert-OH is 1. The standard InChI is InChI=1S/C21H40O/c1-3-5-7-9-11-13-15-17-19-21(22)20-18-16-14-12-10-8-6-4-2/h11-14,21-22H,3-10,15-20H2,1-2H3. The summed E-state index contributed by atoms with van der Waals surface area (Å²) in [7, 11) is 0. The molecule has 0 rings (SSSR count). The maximum atomic E-state index is 9.95. The van der Waals surface area contributed by atoms with Gasteiger partial charge >= 0.3 is 0 Å². The monoisotopic (exact) mass is 308 g/mol. The second-order valence-corrected chi connectivity index (χ2v) is 6.45. The van der Waals surface area contributed by atoms with Crippen molar-refractivity contribution in [3.8, 4) is 0 Å². The molecular formula is C21H40O. The average Bonchev–Trinajstić information content (AvgIpc) is 2.52. The Morgan fingerprint density at radius 3 is 1.32 bits per heavy atom. The van der Waals surface area contributed by atoms with Crippen LogP contribution in [0.2, 0.25) is 0 Å². The molecule has 0 aliphatic heterocycles. The lowest BCUT2D eigenvalue weighted by molar-refractivity contribution is 0.150. The van der Waals surface area contributed by atoms with Gasteiger partial charge in [0.25, 0.3) is 0 Å². The minimum Gasteiger partial charge on any atom is -0.393 e. The summed E-state index contributed by atoms with van der Waals surface area (Å²) in [5, 5.41) is 9.95. The van der Waals surface area contributed by atoms with Crippen molar-refractivity contribution in [3.63, 3.8) is 0 Å². The summed E-state index contributed by atoms with van der Waals surface area (Å²) >= 11 is 0. The average molecular weight is 309 g/mol. The molecule has 22 heavy (non-hydrogen) atoms. The Hall–Kier alpha value is -0.560. The van der Waals surface area contributed by atoms with Crippen LogP contribution in [0.25, 0.3) is 0 Å². The molecule has 0 aromatic rings. The molecule has 1 nitrogen and oxygen atoms in total. The molecule has 0 bridgehead atoms. The second-order valence-electron chi connectivity index (χ2n) is 6.45. The zero-order chi connectivity index (χ0) is 16.3. The smallest absolute Gasteiger partial charge is 0.0540 e. The molecule has 0 aliphatic carbocycles. The van der Waals surface area contributed by atoms with Gasteiger partial charge < -0.3 is 5.11 Å². The van der Waals surface area contributed by atoms with Gasteiger partial charge in [-0.1, -0.05) is 63.8 Å². The summed E-state index contributed by atoms with van der Waals surface area (Å²) in [4.78, 5) is 0. The van der Waals surface area contributed by atoms with Crippen molar-refractivity contribution in [1.29, 1.82) is 0 Å². The molecule has 0 spiro atoms. The van der Waals surface area contributed by atoms with Gasteiger partial charge in [0.05, 0.1) is 6.10 Å². The normalized spacial score (nSPS) is 13.4. The highest BCUT2D eigenvalue weighted by molar-refractivity contribution is 4.82. The first-order valence-electron chi connectivity index (χ1n) is 9.79. The lowest BCUT2D eigenvalue weighted by Crippen LogP contribution is -2.05. The predicted octanol–water partition coefficient (Wildman–Crippen LogP) is 6.96. The largest absolute Gasteiger partial charge is 0.393 e. The summed E-state index contributed by atoms with van der Waals surface area (Å²) in [6.45, 7) is 4.49. The SMILES string of the molecule is CCCCCC=CCCCC(O)CCCC=CCCCCC. The van der Waals surface area contributed by atoms with Crippen LogP contribution in [0.4, 0.5) is 0 Å². The summed E-state index contributed by atoms with van der Waals surface area (Å²) < 4.78 is 0. The lowest BCUT2D eigenvalue weighted by Gasteiger charge is -2.08. The molecule has 0 saturated carbocycles. The van der Waals surface area contributed by atoms with Crippen molar-refractivity contribution in [2.24, 2.45) is 0 Å². The maximum absolute atomic E-state index is 9.95. The fourth-order valence-corrected chi connectivity index (χ4v) is 2.58. The molecular weight excluding hydrogens is 268 g/mol. The quantitative estimate of drug-likeness (QED) is 0.241. The lowest BCUT2D eigenvalue weighted by atomic mass is 10.1. The minimum absolute atomic E-state index is 0.0954. The Balaban J connectivity index is 3.30. The fraction of sp³-hybridized carbons (Fsp3) is 0.810. The molecule has 0 aliphatic rings. The van der Waals surface area contributed by atoms with Gasteiger partial charge in [-0.25, -0.2) is 0 Å². The topological polar surface area (TPSA) is 20.2 Å². The third kappa shape index (κ3) is 17.5. The van der Waals surface area contributed by atoms with Gasteiger partial charge in [-0.05, 0) is 64.2 Å². The van der Waals surface area contributed by atoms with Crippen LogP contribution in [-0.4, -0.2) is 11.2 Å². The molecule has 0 radical (unpaired) electrons. The number of hydrogen-bond acceptors (Lipinski definition) is 1. The van der Waals surface area contributed by atoms with E-state index in [-0.39, 0.29) is 6.10 Å². The number of aliphatic hydroxyl groups is 1. The van der Waals surface area contributed by atoms with Crippen LogP contribution < -0.4 is 0 Å². The van der Waals surface area contributed by atoms with Crippen molar-refractivity contribution in [3.05, 3.63) is 24.3 Å². The van der Waals surface area contributed by atoms with Crippen molar-refractivity contribution in [1.82, 2.24) is 0 Å². The first-order valence-corrected chi connectivity index (χ1v) is 9.79. The molecule has 0 heterocycles. The van der Waals surface area contributed by atoms with Crippen molar-refractivity contribution >= 4 is 0 Å². The zero-order valence-electron chi connectivity index (χ0n) is 15.2.